The van der Waals surface area contributed by atoms with Crippen molar-refractivity contribution in [2.75, 3.05) is 19.4 Å². The van der Waals surface area contributed by atoms with Crippen molar-refractivity contribution in [1.29, 1.82) is 0 Å². The van der Waals surface area contributed by atoms with Gasteiger partial charge in [0.1, 0.15) is 11.3 Å². The summed E-state index contributed by atoms with van der Waals surface area (Å²) in [5.41, 5.74) is 2.15. The molecule has 0 bridgehead atoms. The lowest BCUT2D eigenvalue weighted by Crippen LogP contribution is -2.22. The molecular formula is C16H21N3O4S. The van der Waals surface area contributed by atoms with Gasteiger partial charge in [-0.15, -0.1) is 0 Å². The highest BCUT2D eigenvalue weighted by atomic mass is 32.2. The van der Waals surface area contributed by atoms with E-state index in [2.05, 4.69) is 10.5 Å². The van der Waals surface area contributed by atoms with Gasteiger partial charge in [0.05, 0.1) is 10.6 Å². The molecule has 1 aromatic heterocycles. The Morgan fingerprint density at radius 2 is 1.96 bits per heavy atom. The molecule has 1 heterocycles. The van der Waals surface area contributed by atoms with Crippen LogP contribution in [0.3, 0.4) is 0 Å². The second-order valence-electron chi connectivity index (χ2n) is 5.63. The second-order valence-corrected chi connectivity index (χ2v) is 7.78. The van der Waals surface area contributed by atoms with E-state index < -0.39 is 10.0 Å². The van der Waals surface area contributed by atoms with E-state index in [4.69, 9.17) is 4.52 Å². The van der Waals surface area contributed by atoms with Gasteiger partial charge in [0.25, 0.3) is 5.91 Å². The first-order valence-electron chi connectivity index (χ1n) is 7.48. The molecule has 0 fully saturated rings. The number of hydrogen-bond donors (Lipinski definition) is 1. The minimum atomic E-state index is -3.58. The molecular weight excluding hydrogens is 330 g/mol. The predicted molar refractivity (Wildman–Crippen MR) is 90.6 cm³/mol. The Kier molecular flexibility index (Phi) is 5.10. The topological polar surface area (TPSA) is 92.5 Å². The standard InChI is InChI=1S/C16H21N3O4S/c1-6-13-15(11(3)23-18-13)16(20)17-14-9-12(8-7-10(14)2)24(21,22)19(4)5/h7-9H,6H2,1-5H3,(H,17,20). The molecule has 8 heteroatoms. The van der Waals surface area contributed by atoms with Crippen molar-refractivity contribution in [3.8, 4) is 0 Å². The smallest absolute Gasteiger partial charge is 0.261 e. The third kappa shape index (κ3) is 3.34. The van der Waals surface area contributed by atoms with E-state index in [0.717, 1.165) is 9.87 Å². The molecule has 2 rings (SSSR count). The van der Waals surface area contributed by atoms with Crippen molar-refractivity contribution in [1.82, 2.24) is 9.46 Å². The number of carbonyl (C=O) groups excluding carboxylic acids is 1. The lowest BCUT2D eigenvalue weighted by molar-refractivity contribution is 0.102. The summed E-state index contributed by atoms with van der Waals surface area (Å²) in [7, 11) is -0.656. The van der Waals surface area contributed by atoms with E-state index in [1.165, 1.54) is 26.2 Å². The third-order valence-electron chi connectivity index (χ3n) is 3.73. The van der Waals surface area contributed by atoms with Gasteiger partial charge in [-0.25, -0.2) is 12.7 Å². The normalized spacial score (nSPS) is 11.8. The van der Waals surface area contributed by atoms with E-state index in [9.17, 15) is 13.2 Å². The minimum Gasteiger partial charge on any atom is -0.361 e. The quantitative estimate of drug-likeness (QED) is 0.893. The first kappa shape index (κ1) is 18.2. The number of aryl methyl sites for hydroxylation is 3. The number of nitrogens with one attached hydrogen (secondary N) is 1. The second kappa shape index (κ2) is 6.74. The Morgan fingerprint density at radius 1 is 1.29 bits per heavy atom. The highest BCUT2D eigenvalue weighted by Crippen LogP contribution is 2.23. The highest BCUT2D eigenvalue weighted by molar-refractivity contribution is 7.89. The summed E-state index contributed by atoms with van der Waals surface area (Å²) in [5.74, 6) is 0.0622. The molecule has 1 N–H and O–H groups in total. The van der Waals surface area contributed by atoms with Crippen molar-refractivity contribution < 1.29 is 17.7 Å². The Balaban J connectivity index is 2.40. The number of aromatic nitrogens is 1. The third-order valence-corrected chi connectivity index (χ3v) is 5.54. The van der Waals surface area contributed by atoms with Gasteiger partial charge in [-0.3, -0.25) is 4.79 Å². The van der Waals surface area contributed by atoms with Gasteiger partial charge in [0, 0.05) is 19.8 Å². The summed E-state index contributed by atoms with van der Waals surface area (Å²) in [4.78, 5) is 12.7. The van der Waals surface area contributed by atoms with Crippen molar-refractivity contribution >= 4 is 21.6 Å². The fourth-order valence-corrected chi connectivity index (χ4v) is 3.17. The van der Waals surface area contributed by atoms with Gasteiger partial charge < -0.3 is 9.84 Å². The van der Waals surface area contributed by atoms with Gasteiger partial charge in [0.2, 0.25) is 10.0 Å². The fraction of sp³-hybridized carbons (Fsp3) is 0.375. The van der Waals surface area contributed by atoms with Crippen LogP contribution in [0.2, 0.25) is 0 Å². The maximum Gasteiger partial charge on any atom is 0.261 e. The van der Waals surface area contributed by atoms with E-state index in [1.807, 2.05) is 6.92 Å². The van der Waals surface area contributed by atoms with Crippen LogP contribution >= 0.6 is 0 Å². The average Bonchev–Trinajstić information content (AvgIpc) is 2.90. The molecule has 0 saturated heterocycles. The molecule has 130 valence electrons. The van der Waals surface area contributed by atoms with Gasteiger partial charge in [-0.2, -0.15) is 0 Å². The number of amides is 1. The van der Waals surface area contributed by atoms with Gasteiger partial charge in [-0.1, -0.05) is 18.1 Å². The van der Waals surface area contributed by atoms with Gasteiger partial charge >= 0.3 is 0 Å². The summed E-state index contributed by atoms with van der Waals surface area (Å²) < 4.78 is 30.7. The zero-order chi connectivity index (χ0) is 18.1. The van der Waals surface area contributed by atoms with E-state index >= 15 is 0 Å². The van der Waals surface area contributed by atoms with Gasteiger partial charge in [-0.05, 0) is 38.0 Å². The Morgan fingerprint density at radius 3 is 2.54 bits per heavy atom. The molecule has 0 saturated carbocycles. The number of sulfonamides is 1. The molecule has 1 aromatic carbocycles. The summed E-state index contributed by atoms with van der Waals surface area (Å²) in [6.45, 7) is 5.34. The zero-order valence-corrected chi connectivity index (χ0v) is 15.2. The maximum atomic E-state index is 12.6. The molecule has 0 unspecified atom stereocenters. The summed E-state index contributed by atoms with van der Waals surface area (Å²) in [5, 5.41) is 6.62. The molecule has 0 aliphatic rings. The number of anilines is 1. The van der Waals surface area contributed by atoms with Crippen molar-refractivity contribution in [2.45, 2.75) is 32.1 Å². The zero-order valence-electron chi connectivity index (χ0n) is 14.4. The predicted octanol–water partition coefficient (Wildman–Crippen LogP) is 2.36. The van der Waals surface area contributed by atoms with Crippen LogP contribution in [0.1, 0.15) is 34.3 Å². The highest BCUT2D eigenvalue weighted by Gasteiger charge is 2.22. The molecule has 0 atom stereocenters. The molecule has 7 nitrogen and oxygen atoms in total. The number of benzene rings is 1. The van der Waals surface area contributed by atoms with Crippen LogP contribution in [0.25, 0.3) is 0 Å². The van der Waals surface area contributed by atoms with Crippen LogP contribution in [0.4, 0.5) is 5.69 Å². The van der Waals surface area contributed by atoms with Crippen molar-refractivity contribution in [2.24, 2.45) is 0 Å². The largest absolute Gasteiger partial charge is 0.361 e. The summed E-state index contributed by atoms with van der Waals surface area (Å²) in [6.07, 6.45) is 0.564. The SMILES string of the molecule is CCc1noc(C)c1C(=O)Nc1cc(S(=O)(=O)N(C)C)ccc1C. The Labute approximate surface area is 141 Å². The first-order chi connectivity index (χ1) is 11.2. The Hall–Kier alpha value is -2.19. The number of hydrogen-bond acceptors (Lipinski definition) is 5. The Bertz CT molecular complexity index is 869. The number of carbonyl (C=O) groups is 1. The van der Waals surface area contributed by atoms with Crippen LogP contribution in [0.5, 0.6) is 0 Å². The first-order valence-corrected chi connectivity index (χ1v) is 8.92. The summed E-state index contributed by atoms with van der Waals surface area (Å²) in [6, 6.07) is 4.63. The molecule has 0 spiro atoms. The molecule has 2 aromatic rings. The fourth-order valence-electron chi connectivity index (χ4n) is 2.24. The molecule has 0 aliphatic carbocycles. The number of rotatable bonds is 5. The van der Waals surface area contributed by atoms with E-state index in [-0.39, 0.29) is 10.8 Å². The van der Waals surface area contributed by atoms with Gasteiger partial charge in [0.15, 0.2) is 0 Å². The molecule has 1 amide bonds. The van der Waals surface area contributed by atoms with Crippen molar-refractivity contribution in [3.05, 3.63) is 40.8 Å². The van der Waals surface area contributed by atoms with E-state index in [1.54, 1.807) is 19.9 Å². The van der Waals surface area contributed by atoms with Crippen LogP contribution in [0, 0.1) is 13.8 Å². The monoisotopic (exact) mass is 351 g/mol. The van der Waals surface area contributed by atoms with Crippen molar-refractivity contribution in [3.63, 3.8) is 0 Å². The van der Waals surface area contributed by atoms with E-state index in [0.29, 0.717) is 29.1 Å². The number of nitrogens with zero attached hydrogens (tertiary/aromatic N) is 2. The molecule has 0 radical (unpaired) electrons. The molecule has 0 aliphatic heterocycles. The lowest BCUT2D eigenvalue weighted by atomic mass is 10.1. The van der Waals surface area contributed by atoms with Crippen LogP contribution in [-0.2, 0) is 16.4 Å². The lowest BCUT2D eigenvalue weighted by Gasteiger charge is -2.14. The minimum absolute atomic E-state index is 0.117. The maximum absolute atomic E-state index is 12.6. The van der Waals surface area contributed by atoms with Crippen LogP contribution < -0.4 is 5.32 Å². The average molecular weight is 351 g/mol. The summed E-state index contributed by atoms with van der Waals surface area (Å²) >= 11 is 0. The molecule has 24 heavy (non-hydrogen) atoms. The van der Waals surface area contributed by atoms with Crippen LogP contribution in [-0.4, -0.2) is 37.9 Å². The van der Waals surface area contributed by atoms with Crippen LogP contribution in [0.15, 0.2) is 27.6 Å².